The summed E-state index contributed by atoms with van der Waals surface area (Å²) in [7, 11) is 0. The van der Waals surface area contributed by atoms with Crippen molar-refractivity contribution in [1.29, 1.82) is 0 Å². The molecular weight excluding hydrogens is 938 g/mol. The molecule has 0 fully saturated rings. The molecule has 0 aliphatic carbocycles. The summed E-state index contributed by atoms with van der Waals surface area (Å²) in [5, 5.41) is 0. The zero-order valence-electron chi connectivity index (χ0n) is 10.3. The third-order valence-corrected chi connectivity index (χ3v) is 17.1. The van der Waals surface area contributed by atoms with Gasteiger partial charge in [0, 0.05) is 0 Å². The first kappa shape index (κ1) is 41.2. The Morgan fingerprint density at radius 1 is 0.429 bits per heavy atom. The van der Waals surface area contributed by atoms with Crippen LogP contribution < -0.4 is 37.2 Å². The maximum absolute atomic E-state index is 3.30. The second-order valence-electron chi connectivity index (χ2n) is 1.97. The van der Waals surface area contributed by atoms with E-state index in [2.05, 4.69) is 40.0 Å². The van der Waals surface area contributed by atoms with Crippen molar-refractivity contribution < 1.29 is 116 Å². The van der Waals surface area contributed by atoms with Crippen molar-refractivity contribution in [2.45, 2.75) is 0 Å². The van der Waals surface area contributed by atoms with Gasteiger partial charge < -0.3 is 37.2 Å². The van der Waals surface area contributed by atoms with Gasteiger partial charge in [0.2, 0.25) is 0 Å². The fourth-order valence-electron chi connectivity index (χ4n) is 0.500. The minimum absolute atomic E-state index is 0. The van der Waals surface area contributed by atoms with E-state index in [1.54, 1.807) is 0 Å². The Morgan fingerprint density at radius 3 is 0.714 bits per heavy atom. The van der Waals surface area contributed by atoms with Crippen molar-refractivity contribution >= 4 is 104 Å². The van der Waals surface area contributed by atoms with Crippen LogP contribution in [0, 0.1) is 0 Å². The van der Waals surface area contributed by atoms with E-state index in [1.807, 2.05) is 0 Å². The first-order chi connectivity index (χ1) is 7.50. The number of halogens is 3. The SMILES string of the molecule is [C-]1=[As]C=C[As]1.[C-]1=[As]C=C[As]1.[C-]1=[As]C=C[As]1.[Cl-].[Cl-].[Cl-].[Zr+2].[Zr+2].[Zr+2]. The van der Waals surface area contributed by atoms with Gasteiger partial charge in [-0.25, -0.2) is 0 Å². The van der Waals surface area contributed by atoms with Gasteiger partial charge in [-0.15, -0.1) is 0 Å². The minimum Gasteiger partial charge on any atom is -1.00 e. The van der Waals surface area contributed by atoms with E-state index < -0.39 is 0 Å². The average Bonchev–Trinajstić information content (AvgIpc) is 3.09. The molecule has 0 unspecified atom stereocenters. The number of hydrogen-bond acceptors (Lipinski definition) is 0. The summed E-state index contributed by atoms with van der Waals surface area (Å²) in [5.41, 5.74) is 0. The molecule has 0 amide bonds. The van der Waals surface area contributed by atoms with E-state index in [0.29, 0.717) is 93.2 Å². The molecule has 3 radical (unpaired) electrons. The average molecular weight is 944 g/mol. The van der Waals surface area contributed by atoms with Crippen molar-refractivity contribution in [1.82, 2.24) is 0 Å². The Kier molecular flexibility index (Phi) is 71.7. The smallest absolute Gasteiger partial charge is 1.00 e. The molecule has 0 atom stereocenters. The van der Waals surface area contributed by atoms with Crippen LogP contribution in [0.15, 0.2) is 29.2 Å². The van der Waals surface area contributed by atoms with Crippen LogP contribution in [0.1, 0.15) is 0 Å². The standard InChI is InChI=1S/3C3H2As2.3ClH.3Zr/c3*1-2-5-3-4-1;;;;;;/h3*1-2H;3*1H;;;/q3*-1;;;;3*+2/p-3. The van der Waals surface area contributed by atoms with Crippen LogP contribution in [-0.2, 0) is 78.6 Å². The third-order valence-electron chi connectivity index (χ3n) is 0.994. The molecule has 3 heterocycles. The van der Waals surface area contributed by atoms with Gasteiger partial charge in [-0.2, -0.15) is 0 Å². The number of hydrogen-bond donors (Lipinski definition) is 0. The minimum atomic E-state index is 0. The summed E-state index contributed by atoms with van der Waals surface area (Å²) in [6.07, 6.45) is 0. The Balaban J connectivity index is -0.0000000352. The Labute approximate surface area is 243 Å². The van der Waals surface area contributed by atoms with Crippen LogP contribution in [-0.4, -0.2) is 104 Å². The largest absolute Gasteiger partial charge is 2.00 e. The van der Waals surface area contributed by atoms with Crippen LogP contribution in [0.25, 0.3) is 0 Å². The predicted octanol–water partition coefficient (Wildman–Crippen LogP) is -10.4. The molecule has 21 heavy (non-hydrogen) atoms. The van der Waals surface area contributed by atoms with Crippen LogP contribution in [0.5, 0.6) is 0 Å². The fraction of sp³-hybridized carbons (Fsp3) is 0. The van der Waals surface area contributed by atoms with Gasteiger partial charge in [-0.3, -0.25) is 0 Å². The normalized spacial score (nSPS) is 18.3. The van der Waals surface area contributed by atoms with Crippen molar-refractivity contribution in [2.75, 3.05) is 0 Å². The van der Waals surface area contributed by atoms with Gasteiger partial charge in [-0.05, 0) is 0 Å². The molecule has 0 saturated heterocycles. The molecule has 3 rings (SSSR count). The summed E-state index contributed by atoms with van der Waals surface area (Å²) in [5.74, 6) is 0. The molecular formula is C9H6As6Cl3Zr3. The second kappa shape index (κ2) is 36.6. The predicted molar refractivity (Wildman–Crippen MR) is 77.0 cm³/mol. The van der Waals surface area contributed by atoms with Crippen molar-refractivity contribution in [2.24, 2.45) is 0 Å². The quantitative estimate of drug-likeness (QED) is 0.168. The van der Waals surface area contributed by atoms with Gasteiger partial charge in [0.05, 0.1) is 0 Å². The molecule has 0 saturated carbocycles. The fourth-order valence-corrected chi connectivity index (χ4v) is 13.5. The molecule has 0 aromatic carbocycles. The summed E-state index contributed by atoms with van der Waals surface area (Å²) in [6, 6.07) is 0. The molecule has 12 heteroatoms. The molecule has 0 aromatic rings. The van der Waals surface area contributed by atoms with E-state index in [4.69, 9.17) is 0 Å². The van der Waals surface area contributed by atoms with Gasteiger partial charge in [0.15, 0.2) is 0 Å². The maximum atomic E-state index is 3.30. The van der Waals surface area contributed by atoms with Gasteiger partial charge in [-0.1, -0.05) is 0 Å². The van der Waals surface area contributed by atoms with Crippen LogP contribution >= 0.6 is 0 Å². The Bertz CT molecular complexity index is 265. The summed E-state index contributed by atoms with van der Waals surface area (Å²) < 4.78 is 9.90. The van der Waals surface area contributed by atoms with E-state index >= 15 is 0 Å². The summed E-state index contributed by atoms with van der Waals surface area (Å²) >= 11 is 2.79. The Hall–Kier alpha value is 5.70. The van der Waals surface area contributed by atoms with Crippen molar-refractivity contribution in [3.05, 3.63) is 29.2 Å². The first-order valence-corrected chi connectivity index (χ1v) is 16.0. The van der Waals surface area contributed by atoms with E-state index in [-0.39, 0.29) is 116 Å². The molecule has 3 aliphatic heterocycles. The van der Waals surface area contributed by atoms with Crippen molar-refractivity contribution in [3.8, 4) is 0 Å². The topological polar surface area (TPSA) is 0 Å². The Morgan fingerprint density at radius 2 is 0.667 bits per heavy atom. The zero-order valence-corrected chi connectivity index (χ0v) is 31.2. The van der Waals surface area contributed by atoms with E-state index in [1.165, 1.54) is 0 Å². The van der Waals surface area contributed by atoms with Gasteiger partial charge in [0.1, 0.15) is 0 Å². The monoisotopic (exact) mass is 938 g/mol. The number of rotatable bonds is 0. The van der Waals surface area contributed by atoms with E-state index in [0.717, 1.165) is 0 Å². The van der Waals surface area contributed by atoms with E-state index in [9.17, 15) is 0 Å². The van der Waals surface area contributed by atoms with Gasteiger partial charge in [0.25, 0.3) is 0 Å². The summed E-state index contributed by atoms with van der Waals surface area (Å²) in [4.78, 5) is 13.6. The zero-order chi connectivity index (χ0) is 10.6. The summed E-state index contributed by atoms with van der Waals surface area (Å²) in [6.45, 7) is 0. The third kappa shape index (κ3) is 33.7. The maximum Gasteiger partial charge on any atom is 2.00 e. The van der Waals surface area contributed by atoms with Crippen LogP contribution in [0.2, 0.25) is 0 Å². The molecule has 0 nitrogen and oxygen atoms in total. The first-order valence-electron chi connectivity index (χ1n) is 3.89. The van der Waals surface area contributed by atoms with Crippen molar-refractivity contribution in [3.63, 3.8) is 0 Å². The molecule has 0 spiro atoms. The molecule has 0 aromatic heterocycles. The molecule has 0 N–H and O–H groups in total. The van der Waals surface area contributed by atoms with Crippen LogP contribution in [0.4, 0.5) is 0 Å². The van der Waals surface area contributed by atoms with Crippen LogP contribution in [0.3, 0.4) is 0 Å². The second-order valence-corrected chi connectivity index (χ2v) is 16.8. The molecule has 3 aliphatic rings. The van der Waals surface area contributed by atoms with Gasteiger partial charge >= 0.3 is 212 Å². The molecule has 105 valence electrons. The molecule has 0 bridgehead atoms.